The number of ether oxygens (including phenoxy) is 4. The molecule has 5 nitrogen and oxygen atoms in total. The minimum absolute atomic E-state index is 0.0985. The molecular formula is C20H26O5. The Labute approximate surface area is 148 Å². The number of hydrogen-bond acceptors (Lipinski definition) is 5. The smallest absolute Gasteiger partial charge is 0.338 e. The van der Waals surface area contributed by atoms with Crippen molar-refractivity contribution in [3.05, 3.63) is 42.0 Å². The van der Waals surface area contributed by atoms with Crippen molar-refractivity contribution in [1.82, 2.24) is 0 Å². The predicted octanol–water partition coefficient (Wildman–Crippen LogP) is 2.92. The molecular weight excluding hydrogens is 320 g/mol. The van der Waals surface area contributed by atoms with Crippen molar-refractivity contribution in [2.24, 2.45) is 5.92 Å². The molecule has 1 fully saturated rings. The van der Waals surface area contributed by atoms with Crippen molar-refractivity contribution in [2.75, 3.05) is 20.8 Å². The van der Waals surface area contributed by atoms with Gasteiger partial charge in [-0.2, -0.15) is 0 Å². The second-order valence-corrected chi connectivity index (χ2v) is 6.78. The average Bonchev–Trinajstić information content (AvgIpc) is 2.79. The second-order valence-electron chi connectivity index (χ2n) is 6.78. The van der Waals surface area contributed by atoms with Gasteiger partial charge in [0.05, 0.1) is 20.3 Å². The molecule has 1 aromatic rings. The van der Waals surface area contributed by atoms with Gasteiger partial charge in [0.15, 0.2) is 5.60 Å². The zero-order valence-corrected chi connectivity index (χ0v) is 15.1. The molecule has 3 rings (SSSR count). The lowest BCUT2D eigenvalue weighted by atomic mass is 9.83. The Kier molecular flexibility index (Phi) is 5.45. The van der Waals surface area contributed by atoms with Crippen LogP contribution in [0.2, 0.25) is 0 Å². The quantitative estimate of drug-likeness (QED) is 0.620. The molecule has 2 aliphatic rings. The number of hydrogen-bond donors (Lipinski definition) is 0. The minimum Gasteiger partial charge on any atom is -0.497 e. The highest BCUT2D eigenvalue weighted by molar-refractivity contribution is 5.80. The molecule has 0 aromatic heterocycles. The molecule has 0 amide bonds. The molecule has 1 saturated heterocycles. The first-order valence-corrected chi connectivity index (χ1v) is 8.76. The van der Waals surface area contributed by atoms with Gasteiger partial charge in [0, 0.05) is 12.5 Å². The Morgan fingerprint density at radius 1 is 1.24 bits per heavy atom. The van der Waals surface area contributed by atoms with Crippen LogP contribution < -0.4 is 4.74 Å². The van der Waals surface area contributed by atoms with Crippen LogP contribution in [0.3, 0.4) is 0 Å². The highest BCUT2D eigenvalue weighted by Gasteiger charge is 2.47. The highest BCUT2D eigenvalue weighted by atomic mass is 16.6. The molecule has 1 aromatic carbocycles. The fraction of sp³-hybridized carbons (Fsp3) is 0.550. The van der Waals surface area contributed by atoms with Crippen molar-refractivity contribution < 1.29 is 23.7 Å². The predicted molar refractivity (Wildman–Crippen MR) is 93.6 cm³/mol. The molecule has 0 spiro atoms. The van der Waals surface area contributed by atoms with E-state index >= 15 is 0 Å². The van der Waals surface area contributed by atoms with E-state index in [1.165, 1.54) is 7.11 Å². The van der Waals surface area contributed by atoms with Crippen LogP contribution in [-0.2, 0) is 25.4 Å². The molecule has 0 saturated carbocycles. The van der Waals surface area contributed by atoms with E-state index in [-0.39, 0.29) is 24.1 Å². The summed E-state index contributed by atoms with van der Waals surface area (Å²) in [6, 6.07) is 7.88. The third-order valence-corrected chi connectivity index (χ3v) is 5.15. The van der Waals surface area contributed by atoms with Gasteiger partial charge in [0.1, 0.15) is 11.9 Å². The fourth-order valence-corrected chi connectivity index (χ4v) is 3.59. The van der Waals surface area contributed by atoms with Crippen molar-refractivity contribution in [3.8, 4) is 5.75 Å². The Balaban J connectivity index is 1.87. The summed E-state index contributed by atoms with van der Waals surface area (Å²) in [6.07, 6.45) is 6.38. The molecule has 5 heteroatoms. The van der Waals surface area contributed by atoms with Crippen LogP contribution in [0, 0.1) is 5.92 Å². The highest BCUT2D eigenvalue weighted by Crippen LogP contribution is 2.36. The van der Waals surface area contributed by atoms with Gasteiger partial charge in [-0.15, -0.1) is 0 Å². The summed E-state index contributed by atoms with van der Waals surface area (Å²) < 4.78 is 22.4. The van der Waals surface area contributed by atoms with E-state index in [1.807, 2.05) is 37.3 Å². The lowest BCUT2D eigenvalue weighted by Gasteiger charge is -2.37. The van der Waals surface area contributed by atoms with Gasteiger partial charge in [-0.25, -0.2) is 4.79 Å². The third kappa shape index (κ3) is 3.72. The molecule has 2 aliphatic heterocycles. The Morgan fingerprint density at radius 2 is 2.00 bits per heavy atom. The third-order valence-electron chi connectivity index (χ3n) is 5.15. The minimum atomic E-state index is -1.04. The van der Waals surface area contributed by atoms with E-state index in [4.69, 9.17) is 18.9 Å². The first kappa shape index (κ1) is 18.0. The zero-order valence-electron chi connectivity index (χ0n) is 15.1. The summed E-state index contributed by atoms with van der Waals surface area (Å²) in [5.41, 5.74) is 0.0747. The van der Waals surface area contributed by atoms with Gasteiger partial charge >= 0.3 is 5.97 Å². The molecule has 0 aliphatic carbocycles. The fourth-order valence-electron chi connectivity index (χ4n) is 3.59. The van der Waals surface area contributed by atoms with E-state index in [2.05, 4.69) is 6.08 Å². The van der Waals surface area contributed by atoms with Crippen molar-refractivity contribution in [2.45, 2.75) is 44.0 Å². The van der Waals surface area contributed by atoms with E-state index in [9.17, 15) is 4.79 Å². The van der Waals surface area contributed by atoms with E-state index < -0.39 is 5.60 Å². The van der Waals surface area contributed by atoms with Crippen LogP contribution in [0.15, 0.2) is 36.4 Å². The number of carbonyl (C=O) groups is 1. The second kappa shape index (κ2) is 7.58. The summed E-state index contributed by atoms with van der Waals surface area (Å²) in [4.78, 5) is 12.6. The SMILES string of the molecule is COC(=O)[C@@]1(C)O[C@H]2CCCO[C@@H]2C=C[C@H]1Cc1ccc(OC)cc1. The van der Waals surface area contributed by atoms with Crippen LogP contribution in [0.25, 0.3) is 0 Å². The number of benzene rings is 1. The lowest BCUT2D eigenvalue weighted by Crippen LogP contribution is -2.50. The maximum atomic E-state index is 12.6. The van der Waals surface area contributed by atoms with Crippen LogP contribution in [0.1, 0.15) is 25.3 Å². The summed E-state index contributed by atoms with van der Waals surface area (Å²) in [5.74, 6) is 0.330. The topological polar surface area (TPSA) is 54.0 Å². The standard InChI is InChI=1S/C20H26O5/c1-20(19(21)23-3)15(13-14-6-9-16(22-2)10-7-14)8-11-17-18(25-20)5-4-12-24-17/h6-11,15,17-18H,4-5,12-13H2,1-3H3/t15-,17+,18-,20-/m0/s1. The van der Waals surface area contributed by atoms with E-state index in [0.29, 0.717) is 6.42 Å². The average molecular weight is 346 g/mol. The maximum Gasteiger partial charge on any atom is 0.338 e. The number of methoxy groups -OCH3 is 2. The van der Waals surface area contributed by atoms with Crippen LogP contribution in [0.5, 0.6) is 5.75 Å². The first-order valence-electron chi connectivity index (χ1n) is 8.76. The van der Waals surface area contributed by atoms with Crippen molar-refractivity contribution >= 4 is 5.97 Å². The zero-order chi connectivity index (χ0) is 17.9. The maximum absolute atomic E-state index is 12.6. The summed E-state index contributed by atoms with van der Waals surface area (Å²) in [6.45, 7) is 2.56. The van der Waals surface area contributed by atoms with Gasteiger partial charge in [-0.05, 0) is 43.9 Å². The number of carbonyl (C=O) groups excluding carboxylic acids is 1. The Hall–Kier alpha value is -1.85. The summed E-state index contributed by atoms with van der Waals surface area (Å²) in [5, 5.41) is 0. The molecule has 0 bridgehead atoms. The van der Waals surface area contributed by atoms with Gasteiger partial charge in [-0.1, -0.05) is 24.3 Å². The largest absolute Gasteiger partial charge is 0.497 e. The van der Waals surface area contributed by atoms with Crippen LogP contribution >= 0.6 is 0 Å². The molecule has 0 radical (unpaired) electrons. The van der Waals surface area contributed by atoms with Gasteiger partial charge in [0.25, 0.3) is 0 Å². The molecule has 0 unspecified atom stereocenters. The number of rotatable bonds is 4. The van der Waals surface area contributed by atoms with Crippen LogP contribution in [0.4, 0.5) is 0 Å². The van der Waals surface area contributed by atoms with Gasteiger partial charge in [-0.3, -0.25) is 0 Å². The summed E-state index contributed by atoms with van der Waals surface area (Å²) in [7, 11) is 3.05. The number of fused-ring (bicyclic) bond motifs is 1. The lowest BCUT2D eigenvalue weighted by molar-refractivity contribution is -0.194. The molecule has 4 atom stereocenters. The number of esters is 1. The van der Waals surface area contributed by atoms with E-state index in [0.717, 1.165) is 30.8 Å². The van der Waals surface area contributed by atoms with Crippen molar-refractivity contribution in [1.29, 1.82) is 0 Å². The molecule has 0 N–H and O–H groups in total. The Bertz CT molecular complexity index is 623. The molecule has 2 heterocycles. The molecule has 136 valence electrons. The Morgan fingerprint density at radius 3 is 2.68 bits per heavy atom. The van der Waals surface area contributed by atoms with E-state index in [1.54, 1.807) is 7.11 Å². The first-order chi connectivity index (χ1) is 12.1. The van der Waals surface area contributed by atoms with Gasteiger partial charge in [0.2, 0.25) is 0 Å². The van der Waals surface area contributed by atoms with Crippen LogP contribution in [-0.4, -0.2) is 44.6 Å². The summed E-state index contributed by atoms with van der Waals surface area (Å²) >= 11 is 0. The van der Waals surface area contributed by atoms with Crippen molar-refractivity contribution in [3.63, 3.8) is 0 Å². The normalized spacial score (nSPS) is 31.7. The monoisotopic (exact) mass is 346 g/mol. The molecule has 25 heavy (non-hydrogen) atoms. The van der Waals surface area contributed by atoms with Gasteiger partial charge < -0.3 is 18.9 Å².